The summed E-state index contributed by atoms with van der Waals surface area (Å²) >= 11 is 7.34. The van der Waals surface area contributed by atoms with E-state index in [2.05, 4.69) is 0 Å². The van der Waals surface area contributed by atoms with Gasteiger partial charge < -0.3 is 4.90 Å². The predicted molar refractivity (Wildman–Crippen MR) is 104 cm³/mol. The zero-order chi connectivity index (χ0) is 18.8. The lowest BCUT2D eigenvalue weighted by Crippen LogP contribution is -2.42. The molecule has 6 nitrogen and oxygen atoms in total. The number of carbonyl (C=O) groups is 1. The molecular formula is C18H18ClN3O3S. The summed E-state index contributed by atoms with van der Waals surface area (Å²) in [5, 5.41) is 0.425. The molecule has 1 aromatic carbocycles. The minimum absolute atomic E-state index is 0.130. The molecule has 0 N–H and O–H groups in total. The van der Waals surface area contributed by atoms with Crippen molar-refractivity contribution in [2.75, 3.05) is 7.05 Å². The zero-order valence-electron chi connectivity index (χ0n) is 14.4. The second-order valence-electron chi connectivity index (χ2n) is 5.89. The monoisotopic (exact) mass is 391 g/mol. The van der Waals surface area contributed by atoms with Crippen molar-refractivity contribution in [3.05, 3.63) is 66.4 Å². The number of hydrogen-bond donors (Lipinski definition) is 0. The first-order valence-corrected chi connectivity index (χ1v) is 9.32. The number of thiophene rings is 1. The Bertz CT molecular complexity index is 1080. The maximum atomic E-state index is 12.7. The van der Waals surface area contributed by atoms with Crippen LogP contribution in [0.4, 0.5) is 0 Å². The summed E-state index contributed by atoms with van der Waals surface area (Å²) in [5.41, 5.74) is -0.344. The quantitative estimate of drug-likeness (QED) is 0.671. The van der Waals surface area contributed by atoms with Gasteiger partial charge in [0.2, 0.25) is 5.91 Å². The van der Waals surface area contributed by atoms with Crippen LogP contribution in [0.2, 0.25) is 4.34 Å². The average molecular weight is 392 g/mol. The smallest absolute Gasteiger partial charge is 0.331 e. The van der Waals surface area contributed by atoms with Gasteiger partial charge in [-0.25, -0.2) is 4.79 Å². The van der Waals surface area contributed by atoms with E-state index in [9.17, 15) is 14.4 Å². The molecular weight excluding hydrogens is 374 g/mol. The maximum Gasteiger partial charge on any atom is 0.331 e. The molecule has 3 aromatic rings. The first-order chi connectivity index (χ1) is 12.4. The fraction of sp³-hybridized carbons (Fsp3) is 0.278. The van der Waals surface area contributed by atoms with Crippen LogP contribution in [0.5, 0.6) is 0 Å². The van der Waals surface area contributed by atoms with Crippen LogP contribution in [0, 0.1) is 0 Å². The van der Waals surface area contributed by atoms with E-state index in [0.29, 0.717) is 21.8 Å². The number of fused-ring (bicyclic) bond motifs is 1. The number of halogens is 1. The van der Waals surface area contributed by atoms with Gasteiger partial charge in [-0.3, -0.25) is 18.7 Å². The standard InChI is InChI=1S/C18H18ClN3O3S/c1-3-21-17(24)13-6-4-5-7-14(13)22(18(21)25)11-16(23)20(2)10-12-8-9-15(19)26-12/h4-9H,3,10-11H2,1-2H3. The largest absolute Gasteiger partial charge is 0.339 e. The average Bonchev–Trinajstić information content (AvgIpc) is 3.03. The van der Waals surface area contributed by atoms with E-state index in [1.807, 2.05) is 6.07 Å². The van der Waals surface area contributed by atoms with Gasteiger partial charge in [-0.2, -0.15) is 0 Å². The summed E-state index contributed by atoms with van der Waals surface area (Å²) in [4.78, 5) is 40.3. The minimum Gasteiger partial charge on any atom is -0.339 e. The lowest BCUT2D eigenvalue weighted by Gasteiger charge is -2.18. The summed E-state index contributed by atoms with van der Waals surface area (Å²) < 4.78 is 3.17. The van der Waals surface area contributed by atoms with E-state index in [4.69, 9.17) is 11.6 Å². The molecule has 0 bridgehead atoms. The number of rotatable bonds is 5. The summed E-state index contributed by atoms with van der Waals surface area (Å²) in [6.07, 6.45) is 0. The third-order valence-corrected chi connectivity index (χ3v) is 5.41. The molecule has 2 aromatic heterocycles. The van der Waals surface area contributed by atoms with Gasteiger partial charge >= 0.3 is 5.69 Å². The molecule has 0 aliphatic carbocycles. The third kappa shape index (κ3) is 3.45. The first-order valence-electron chi connectivity index (χ1n) is 8.13. The van der Waals surface area contributed by atoms with Gasteiger partial charge in [-0.1, -0.05) is 23.7 Å². The van der Waals surface area contributed by atoms with Crippen molar-refractivity contribution in [3.8, 4) is 0 Å². The summed E-state index contributed by atoms with van der Waals surface area (Å²) in [6, 6.07) is 10.5. The Morgan fingerprint density at radius 1 is 1.15 bits per heavy atom. The summed E-state index contributed by atoms with van der Waals surface area (Å²) in [7, 11) is 1.68. The number of nitrogens with zero attached hydrogens (tertiary/aromatic N) is 3. The van der Waals surface area contributed by atoms with Crippen LogP contribution in [-0.2, 0) is 24.4 Å². The molecule has 0 aliphatic heterocycles. The summed E-state index contributed by atoms with van der Waals surface area (Å²) in [5.74, 6) is -0.219. The molecule has 0 unspecified atom stereocenters. The first kappa shape index (κ1) is 18.4. The molecule has 0 fully saturated rings. The SMILES string of the molecule is CCn1c(=O)c2ccccc2n(CC(=O)N(C)Cc2ccc(Cl)s2)c1=O. The minimum atomic E-state index is -0.475. The fourth-order valence-electron chi connectivity index (χ4n) is 2.82. The Morgan fingerprint density at radius 3 is 2.54 bits per heavy atom. The van der Waals surface area contributed by atoms with Crippen LogP contribution in [0.3, 0.4) is 0 Å². The van der Waals surface area contributed by atoms with Crippen molar-refractivity contribution in [1.82, 2.24) is 14.0 Å². The van der Waals surface area contributed by atoms with Crippen LogP contribution in [0.15, 0.2) is 46.0 Å². The molecule has 2 heterocycles. The topological polar surface area (TPSA) is 64.3 Å². The fourth-order valence-corrected chi connectivity index (χ4v) is 3.96. The molecule has 8 heteroatoms. The van der Waals surface area contributed by atoms with Crippen LogP contribution in [0.25, 0.3) is 10.9 Å². The van der Waals surface area contributed by atoms with Gasteiger partial charge in [0.25, 0.3) is 5.56 Å². The number of carbonyl (C=O) groups excluding carboxylic acids is 1. The number of aromatic nitrogens is 2. The van der Waals surface area contributed by atoms with Gasteiger partial charge in [0.05, 0.1) is 21.8 Å². The number of benzene rings is 1. The van der Waals surface area contributed by atoms with E-state index in [-0.39, 0.29) is 24.6 Å². The Hall–Kier alpha value is -2.38. The highest BCUT2D eigenvalue weighted by Crippen LogP contribution is 2.22. The number of likely N-dealkylation sites (N-methyl/N-ethyl adjacent to an activating group) is 1. The van der Waals surface area contributed by atoms with E-state index in [0.717, 1.165) is 9.44 Å². The van der Waals surface area contributed by atoms with E-state index < -0.39 is 5.69 Å². The van der Waals surface area contributed by atoms with E-state index in [1.54, 1.807) is 49.2 Å². The van der Waals surface area contributed by atoms with E-state index >= 15 is 0 Å². The zero-order valence-corrected chi connectivity index (χ0v) is 16.0. The van der Waals surface area contributed by atoms with Crippen molar-refractivity contribution in [2.45, 2.75) is 26.6 Å². The molecule has 0 radical (unpaired) electrons. The predicted octanol–water partition coefficient (Wildman–Crippen LogP) is 2.56. The van der Waals surface area contributed by atoms with Crippen LogP contribution < -0.4 is 11.2 Å². The number of amides is 1. The van der Waals surface area contributed by atoms with Crippen LogP contribution in [0.1, 0.15) is 11.8 Å². The van der Waals surface area contributed by atoms with Crippen LogP contribution in [-0.4, -0.2) is 27.0 Å². The van der Waals surface area contributed by atoms with Crippen molar-refractivity contribution in [2.24, 2.45) is 0 Å². The Kier molecular flexibility index (Phi) is 5.29. The Labute approximate surface area is 158 Å². The molecule has 136 valence electrons. The van der Waals surface area contributed by atoms with Crippen molar-refractivity contribution < 1.29 is 4.79 Å². The second kappa shape index (κ2) is 7.47. The van der Waals surface area contributed by atoms with Crippen molar-refractivity contribution in [3.63, 3.8) is 0 Å². The molecule has 0 spiro atoms. The number of hydrogen-bond acceptors (Lipinski definition) is 4. The van der Waals surface area contributed by atoms with Crippen molar-refractivity contribution in [1.29, 1.82) is 0 Å². The lowest BCUT2D eigenvalue weighted by molar-refractivity contribution is -0.131. The van der Waals surface area contributed by atoms with Gasteiger partial charge in [0.1, 0.15) is 6.54 Å². The number of para-hydroxylation sites is 1. The van der Waals surface area contributed by atoms with Gasteiger partial charge in [-0.15, -0.1) is 11.3 Å². The van der Waals surface area contributed by atoms with Crippen molar-refractivity contribution >= 4 is 39.7 Å². The van der Waals surface area contributed by atoms with Crippen LogP contribution >= 0.6 is 22.9 Å². The Morgan fingerprint density at radius 2 is 1.88 bits per heavy atom. The lowest BCUT2D eigenvalue weighted by atomic mass is 10.2. The summed E-state index contributed by atoms with van der Waals surface area (Å²) in [6.45, 7) is 2.27. The van der Waals surface area contributed by atoms with E-state index in [1.165, 1.54) is 15.9 Å². The maximum absolute atomic E-state index is 12.7. The Balaban J connectivity index is 1.96. The normalized spacial score (nSPS) is 11.0. The van der Waals surface area contributed by atoms with Gasteiger partial charge in [-0.05, 0) is 31.2 Å². The molecule has 0 saturated carbocycles. The highest BCUT2D eigenvalue weighted by Gasteiger charge is 2.17. The third-order valence-electron chi connectivity index (χ3n) is 4.19. The molecule has 1 amide bonds. The second-order valence-corrected chi connectivity index (χ2v) is 7.69. The van der Waals surface area contributed by atoms with Gasteiger partial charge in [0.15, 0.2) is 0 Å². The highest BCUT2D eigenvalue weighted by molar-refractivity contribution is 7.16. The molecule has 0 aliphatic rings. The molecule has 3 rings (SSSR count). The molecule has 26 heavy (non-hydrogen) atoms. The molecule has 0 saturated heterocycles. The van der Waals surface area contributed by atoms with Gasteiger partial charge in [0, 0.05) is 18.5 Å². The highest BCUT2D eigenvalue weighted by atomic mass is 35.5. The molecule has 0 atom stereocenters.